The van der Waals surface area contributed by atoms with Crippen LogP contribution in [0.25, 0.3) is 11.3 Å². The van der Waals surface area contributed by atoms with Crippen LogP contribution in [0.4, 0.5) is 11.4 Å². The molecule has 0 spiro atoms. The van der Waals surface area contributed by atoms with Crippen LogP contribution in [-0.4, -0.2) is 36.6 Å². The van der Waals surface area contributed by atoms with Gasteiger partial charge in [-0.3, -0.25) is 14.5 Å². The minimum absolute atomic E-state index is 0.0972. The molecule has 3 aromatic rings. The van der Waals surface area contributed by atoms with Crippen LogP contribution in [0.5, 0.6) is 11.5 Å². The van der Waals surface area contributed by atoms with E-state index in [1.165, 1.54) is 4.90 Å². The number of fused-ring (bicyclic) bond motifs is 1. The molecule has 4 rings (SSSR count). The third-order valence-electron chi connectivity index (χ3n) is 4.96. The fourth-order valence-electron chi connectivity index (χ4n) is 3.45. The van der Waals surface area contributed by atoms with Crippen molar-refractivity contribution in [1.29, 1.82) is 0 Å². The molecule has 1 aliphatic heterocycles. The Morgan fingerprint density at radius 3 is 2.78 bits per heavy atom. The monoisotopic (exact) mass is 451 g/mol. The minimum Gasteiger partial charge on any atom is -0.494 e. The van der Waals surface area contributed by atoms with Gasteiger partial charge in [0.25, 0.3) is 5.91 Å². The van der Waals surface area contributed by atoms with Crippen molar-refractivity contribution >= 4 is 34.5 Å². The molecule has 0 radical (unpaired) electrons. The Morgan fingerprint density at radius 2 is 2.03 bits per heavy atom. The molecular formula is C24H25N3O4S. The second kappa shape index (κ2) is 9.82. The van der Waals surface area contributed by atoms with E-state index in [1.807, 2.05) is 30.5 Å². The van der Waals surface area contributed by atoms with Crippen LogP contribution >= 0.6 is 11.3 Å². The zero-order chi connectivity index (χ0) is 22.5. The van der Waals surface area contributed by atoms with Crippen LogP contribution in [0.15, 0.2) is 47.8 Å². The molecule has 0 unspecified atom stereocenters. The molecule has 7 nitrogen and oxygen atoms in total. The minimum atomic E-state index is -0.292. The molecule has 0 atom stereocenters. The first-order valence-corrected chi connectivity index (χ1v) is 11.5. The van der Waals surface area contributed by atoms with Gasteiger partial charge in [-0.1, -0.05) is 6.92 Å². The van der Waals surface area contributed by atoms with Crippen molar-refractivity contribution < 1.29 is 19.1 Å². The molecule has 32 heavy (non-hydrogen) atoms. The van der Waals surface area contributed by atoms with Crippen LogP contribution in [0.3, 0.4) is 0 Å². The Morgan fingerprint density at radius 1 is 1.22 bits per heavy atom. The highest BCUT2D eigenvalue weighted by atomic mass is 32.1. The van der Waals surface area contributed by atoms with Crippen LogP contribution in [0.1, 0.15) is 25.3 Å². The molecule has 1 N–H and O–H groups in total. The summed E-state index contributed by atoms with van der Waals surface area (Å²) in [5.74, 6) is 0.756. The molecule has 2 heterocycles. The first-order chi connectivity index (χ1) is 15.6. The fraction of sp³-hybridized carbons (Fsp3) is 0.292. The summed E-state index contributed by atoms with van der Waals surface area (Å²) in [7, 11) is 0. The van der Waals surface area contributed by atoms with Gasteiger partial charge in [0.05, 0.1) is 23.0 Å². The summed E-state index contributed by atoms with van der Waals surface area (Å²) < 4.78 is 11.0. The van der Waals surface area contributed by atoms with E-state index in [0.29, 0.717) is 23.7 Å². The summed E-state index contributed by atoms with van der Waals surface area (Å²) in [5, 5.41) is 5.93. The van der Waals surface area contributed by atoms with Crippen molar-refractivity contribution in [2.45, 2.75) is 26.7 Å². The van der Waals surface area contributed by atoms with E-state index in [1.54, 1.807) is 35.6 Å². The number of nitrogens with one attached hydrogen (secondary N) is 1. The number of anilines is 2. The van der Waals surface area contributed by atoms with E-state index < -0.39 is 0 Å². The number of benzene rings is 2. The van der Waals surface area contributed by atoms with Gasteiger partial charge in [0, 0.05) is 16.6 Å². The number of carbonyl (C=O) groups excluding carboxylic acids is 2. The van der Waals surface area contributed by atoms with Crippen LogP contribution in [0.2, 0.25) is 0 Å². The lowest BCUT2D eigenvalue weighted by Crippen LogP contribution is -2.43. The molecule has 0 fully saturated rings. The van der Waals surface area contributed by atoms with Gasteiger partial charge < -0.3 is 14.8 Å². The molecule has 1 aromatic heterocycles. The summed E-state index contributed by atoms with van der Waals surface area (Å²) in [6.07, 6.45) is 1.98. The molecule has 0 aliphatic carbocycles. The summed E-state index contributed by atoms with van der Waals surface area (Å²) in [5.41, 5.74) is 2.96. The predicted molar refractivity (Wildman–Crippen MR) is 126 cm³/mol. The smallest absolute Gasteiger partial charge is 0.265 e. The standard InChI is InChI=1S/C24H25N3O4S/c1-3-5-23-26-19(15-32-23)16-6-11-21-20(12-16)27(24(29)14-31-21)13-22(28)25-17-7-9-18(10-8-17)30-4-2/h6-12,15H,3-5,13-14H2,1-2H3,(H,25,28). The maximum atomic E-state index is 12.7. The van der Waals surface area contributed by atoms with Gasteiger partial charge in [-0.2, -0.15) is 0 Å². The lowest BCUT2D eigenvalue weighted by Gasteiger charge is -2.29. The third-order valence-corrected chi connectivity index (χ3v) is 5.87. The third kappa shape index (κ3) is 4.91. The maximum absolute atomic E-state index is 12.7. The van der Waals surface area contributed by atoms with E-state index >= 15 is 0 Å². The van der Waals surface area contributed by atoms with E-state index in [-0.39, 0.29) is 25.0 Å². The summed E-state index contributed by atoms with van der Waals surface area (Å²) in [6, 6.07) is 12.7. The van der Waals surface area contributed by atoms with Crippen molar-refractivity contribution in [2.24, 2.45) is 0 Å². The highest BCUT2D eigenvalue weighted by molar-refractivity contribution is 7.09. The Labute approximate surface area is 191 Å². The Kier molecular flexibility index (Phi) is 6.70. The van der Waals surface area contributed by atoms with Gasteiger partial charge in [0.1, 0.15) is 18.0 Å². The molecule has 0 bridgehead atoms. The van der Waals surface area contributed by atoms with Crippen molar-refractivity contribution in [3.8, 4) is 22.8 Å². The predicted octanol–water partition coefficient (Wildman–Crippen LogP) is 4.53. The Bertz CT molecular complexity index is 1110. The Balaban J connectivity index is 1.51. The molecule has 8 heteroatoms. The largest absolute Gasteiger partial charge is 0.494 e. The van der Waals surface area contributed by atoms with Gasteiger partial charge in [0.2, 0.25) is 5.91 Å². The number of thiazole rings is 1. The second-order valence-electron chi connectivity index (χ2n) is 7.33. The molecule has 0 saturated heterocycles. The fourth-order valence-corrected chi connectivity index (χ4v) is 4.36. The van der Waals surface area contributed by atoms with Gasteiger partial charge in [-0.15, -0.1) is 11.3 Å². The molecule has 0 saturated carbocycles. The first kappa shape index (κ1) is 21.8. The van der Waals surface area contributed by atoms with Crippen molar-refractivity contribution in [3.05, 3.63) is 52.9 Å². The number of hydrogen-bond acceptors (Lipinski definition) is 6. The van der Waals surface area contributed by atoms with Gasteiger partial charge >= 0.3 is 0 Å². The van der Waals surface area contributed by atoms with Gasteiger partial charge in [-0.25, -0.2) is 4.98 Å². The molecule has 166 valence electrons. The number of aromatic nitrogens is 1. The lowest BCUT2D eigenvalue weighted by atomic mass is 10.1. The topological polar surface area (TPSA) is 80.8 Å². The van der Waals surface area contributed by atoms with Crippen LogP contribution in [0, 0.1) is 0 Å². The molecule has 1 aliphatic rings. The number of ether oxygens (including phenoxy) is 2. The van der Waals surface area contributed by atoms with Crippen molar-refractivity contribution in [1.82, 2.24) is 4.98 Å². The number of carbonyl (C=O) groups is 2. The quantitative estimate of drug-likeness (QED) is 0.544. The normalized spacial score (nSPS) is 12.8. The number of rotatable bonds is 8. The summed E-state index contributed by atoms with van der Waals surface area (Å²) in [6.45, 7) is 4.41. The number of aryl methyl sites for hydroxylation is 1. The average Bonchev–Trinajstić information content (AvgIpc) is 3.26. The zero-order valence-electron chi connectivity index (χ0n) is 18.1. The van der Waals surface area contributed by atoms with Gasteiger partial charge in [-0.05, 0) is 62.2 Å². The number of hydrogen-bond donors (Lipinski definition) is 1. The van der Waals surface area contributed by atoms with E-state index in [4.69, 9.17) is 9.47 Å². The van der Waals surface area contributed by atoms with Crippen LogP contribution in [-0.2, 0) is 16.0 Å². The van der Waals surface area contributed by atoms with Crippen LogP contribution < -0.4 is 19.7 Å². The Hall–Kier alpha value is -3.39. The lowest BCUT2D eigenvalue weighted by molar-refractivity contribution is -0.123. The van der Waals surface area contributed by atoms with E-state index in [2.05, 4.69) is 17.2 Å². The average molecular weight is 452 g/mol. The highest BCUT2D eigenvalue weighted by Crippen LogP contribution is 2.36. The molecular weight excluding hydrogens is 426 g/mol. The highest BCUT2D eigenvalue weighted by Gasteiger charge is 2.28. The SMILES string of the molecule is CCCc1nc(-c2ccc3c(c2)N(CC(=O)Nc2ccc(OCC)cc2)C(=O)CO3)cs1. The first-order valence-electron chi connectivity index (χ1n) is 10.6. The molecule has 2 aromatic carbocycles. The molecule has 2 amide bonds. The van der Waals surface area contributed by atoms with E-state index in [9.17, 15) is 9.59 Å². The zero-order valence-corrected chi connectivity index (χ0v) is 18.9. The second-order valence-corrected chi connectivity index (χ2v) is 8.28. The van der Waals surface area contributed by atoms with Gasteiger partial charge in [0.15, 0.2) is 6.61 Å². The number of nitrogens with zero attached hydrogens (tertiary/aromatic N) is 2. The maximum Gasteiger partial charge on any atom is 0.265 e. The summed E-state index contributed by atoms with van der Waals surface area (Å²) in [4.78, 5) is 31.4. The van der Waals surface area contributed by atoms with E-state index in [0.717, 1.165) is 34.9 Å². The van der Waals surface area contributed by atoms with Crippen molar-refractivity contribution in [3.63, 3.8) is 0 Å². The van der Waals surface area contributed by atoms with Crippen molar-refractivity contribution in [2.75, 3.05) is 30.0 Å². The number of amides is 2. The summed E-state index contributed by atoms with van der Waals surface area (Å²) >= 11 is 1.63.